The minimum absolute atomic E-state index is 0.130. The number of ether oxygens (including phenoxy) is 2. The Hall–Kier alpha value is -0.820. The molecule has 2 saturated heterocycles. The first kappa shape index (κ1) is 12.2. The molecule has 0 amide bonds. The molecule has 0 saturated carbocycles. The van der Waals surface area contributed by atoms with E-state index in [2.05, 4.69) is 27.9 Å². The Kier molecular flexibility index (Phi) is 3.43. The van der Waals surface area contributed by atoms with Gasteiger partial charge in [0.2, 0.25) is 6.29 Å². The highest BCUT2D eigenvalue weighted by atomic mass is 127. The lowest BCUT2D eigenvalue weighted by Crippen LogP contribution is -2.36. The Morgan fingerprint density at radius 3 is 2.83 bits per heavy atom. The fourth-order valence-electron chi connectivity index (χ4n) is 2.48. The summed E-state index contributed by atoms with van der Waals surface area (Å²) in [4.78, 5) is 11.8. The van der Waals surface area contributed by atoms with Crippen LogP contribution in [0.3, 0.4) is 0 Å². The molecule has 2 heterocycles. The van der Waals surface area contributed by atoms with Crippen molar-refractivity contribution in [3.05, 3.63) is 27.8 Å². The van der Waals surface area contributed by atoms with Crippen LogP contribution in [0.1, 0.15) is 12.8 Å². The van der Waals surface area contributed by atoms with E-state index in [1.54, 1.807) is 0 Å². The maximum absolute atomic E-state index is 11.8. The minimum atomic E-state index is -0.354. The summed E-state index contributed by atoms with van der Waals surface area (Å²) in [6.45, 7) is 0.685. The lowest BCUT2D eigenvalue weighted by molar-refractivity contribution is -0.174. The van der Waals surface area contributed by atoms with Gasteiger partial charge in [-0.25, -0.2) is 4.79 Å². The third-order valence-electron chi connectivity index (χ3n) is 3.39. The van der Waals surface area contributed by atoms with Crippen molar-refractivity contribution in [2.24, 2.45) is 5.92 Å². The molecule has 1 aromatic rings. The summed E-state index contributed by atoms with van der Waals surface area (Å²) in [5.74, 6) is -0.0732. The van der Waals surface area contributed by atoms with Crippen LogP contribution >= 0.6 is 22.6 Å². The number of hydrogen-bond acceptors (Lipinski definition) is 4. The van der Waals surface area contributed by atoms with E-state index in [9.17, 15) is 4.79 Å². The lowest BCUT2D eigenvalue weighted by Gasteiger charge is -2.26. The van der Waals surface area contributed by atoms with Crippen molar-refractivity contribution in [1.29, 1.82) is 0 Å². The Morgan fingerprint density at radius 1 is 1.28 bits per heavy atom. The van der Waals surface area contributed by atoms with Gasteiger partial charge in [0.05, 0.1) is 12.5 Å². The number of fused-ring (bicyclic) bond motifs is 1. The van der Waals surface area contributed by atoms with E-state index >= 15 is 0 Å². The monoisotopic (exact) mass is 359 g/mol. The molecule has 2 fully saturated rings. The standard InChI is InChI=1S/C13H14INO3/c14-8-3-5-9(6-4-8)15-11-10-2-1-7-17-13(10)18-12(11)16/h3-6,10-11,13,15H,1-2,7H2/t10-,11-,13-/m1/s1. The first-order valence-electron chi connectivity index (χ1n) is 6.08. The molecule has 0 unspecified atom stereocenters. The number of hydrogen-bond donors (Lipinski definition) is 1. The van der Waals surface area contributed by atoms with Crippen LogP contribution in [-0.4, -0.2) is 24.9 Å². The van der Waals surface area contributed by atoms with Gasteiger partial charge < -0.3 is 14.8 Å². The summed E-state index contributed by atoms with van der Waals surface area (Å²) >= 11 is 2.26. The van der Waals surface area contributed by atoms with Gasteiger partial charge in [-0.15, -0.1) is 0 Å². The molecule has 4 nitrogen and oxygen atoms in total. The predicted octanol–water partition coefficient (Wildman–Crippen LogP) is 2.38. The first-order chi connectivity index (χ1) is 8.74. The third kappa shape index (κ3) is 2.33. The molecule has 2 aliphatic rings. The largest absolute Gasteiger partial charge is 0.434 e. The number of nitrogens with one attached hydrogen (secondary N) is 1. The highest BCUT2D eigenvalue weighted by molar-refractivity contribution is 14.1. The Bertz CT molecular complexity index is 448. The van der Waals surface area contributed by atoms with Crippen molar-refractivity contribution < 1.29 is 14.3 Å². The molecule has 3 rings (SSSR count). The molecule has 1 N–H and O–H groups in total. The fourth-order valence-corrected chi connectivity index (χ4v) is 2.84. The van der Waals surface area contributed by atoms with Crippen LogP contribution in [0.5, 0.6) is 0 Å². The van der Waals surface area contributed by atoms with Crippen LogP contribution < -0.4 is 5.32 Å². The fraction of sp³-hybridized carbons (Fsp3) is 0.462. The number of rotatable bonds is 2. The van der Waals surface area contributed by atoms with Crippen LogP contribution in [-0.2, 0) is 14.3 Å². The van der Waals surface area contributed by atoms with E-state index in [0.717, 1.165) is 18.5 Å². The molecule has 2 aliphatic heterocycles. The van der Waals surface area contributed by atoms with Crippen molar-refractivity contribution in [2.45, 2.75) is 25.2 Å². The van der Waals surface area contributed by atoms with Gasteiger partial charge in [0.25, 0.3) is 0 Å². The molecule has 1 aromatic carbocycles. The van der Waals surface area contributed by atoms with Gasteiger partial charge in [-0.05, 0) is 59.7 Å². The molecule has 0 bridgehead atoms. The summed E-state index contributed by atoms with van der Waals surface area (Å²) in [6, 6.07) is 7.70. The third-order valence-corrected chi connectivity index (χ3v) is 4.11. The average Bonchev–Trinajstić information content (AvgIpc) is 2.69. The quantitative estimate of drug-likeness (QED) is 0.651. The Balaban J connectivity index is 1.75. The number of anilines is 1. The molecule has 5 heteroatoms. The molecule has 18 heavy (non-hydrogen) atoms. The Morgan fingerprint density at radius 2 is 2.06 bits per heavy atom. The number of carbonyl (C=O) groups excluding carboxylic acids is 1. The zero-order valence-corrected chi connectivity index (χ0v) is 11.9. The topological polar surface area (TPSA) is 47.6 Å². The van der Waals surface area contributed by atoms with Crippen molar-refractivity contribution >= 4 is 34.2 Å². The summed E-state index contributed by atoms with van der Waals surface area (Å²) in [5.41, 5.74) is 0.948. The molecular formula is C13H14INO3. The second-order valence-corrected chi connectivity index (χ2v) is 5.86. The maximum Gasteiger partial charge on any atom is 0.331 e. The molecule has 0 radical (unpaired) electrons. The predicted molar refractivity (Wildman–Crippen MR) is 75.1 cm³/mol. The zero-order valence-electron chi connectivity index (χ0n) is 9.77. The highest BCUT2D eigenvalue weighted by Crippen LogP contribution is 2.33. The number of esters is 1. The van der Waals surface area contributed by atoms with Crippen molar-refractivity contribution in [2.75, 3.05) is 11.9 Å². The van der Waals surface area contributed by atoms with Gasteiger partial charge >= 0.3 is 5.97 Å². The van der Waals surface area contributed by atoms with Gasteiger partial charge in [0.15, 0.2) is 0 Å². The number of benzene rings is 1. The smallest absolute Gasteiger partial charge is 0.331 e. The van der Waals surface area contributed by atoms with Crippen LogP contribution in [0.25, 0.3) is 0 Å². The van der Waals surface area contributed by atoms with E-state index < -0.39 is 0 Å². The minimum Gasteiger partial charge on any atom is -0.434 e. The second-order valence-electron chi connectivity index (χ2n) is 4.61. The van der Waals surface area contributed by atoms with Crippen molar-refractivity contribution in [3.63, 3.8) is 0 Å². The maximum atomic E-state index is 11.8. The molecule has 96 valence electrons. The van der Waals surface area contributed by atoms with E-state index in [1.807, 2.05) is 24.3 Å². The summed E-state index contributed by atoms with van der Waals surface area (Å²) < 4.78 is 11.9. The molecular weight excluding hydrogens is 345 g/mol. The summed E-state index contributed by atoms with van der Waals surface area (Å²) in [7, 11) is 0. The van der Waals surface area contributed by atoms with Gasteiger partial charge in [0, 0.05) is 9.26 Å². The lowest BCUT2D eigenvalue weighted by atomic mass is 9.94. The van der Waals surface area contributed by atoms with Gasteiger partial charge in [0.1, 0.15) is 6.04 Å². The van der Waals surface area contributed by atoms with Crippen LogP contribution in [0, 0.1) is 9.49 Å². The van der Waals surface area contributed by atoms with Crippen molar-refractivity contribution in [1.82, 2.24) is 0 Å². The highest BCUT2D eigenvalue weighted by Gasteiger charge is 2.46. The summed E-state index contributed by atoms with van der Waals surface area (Å²) in [5, 5.41) is 3.26. The van der Waals surface area contributed by atoms with Crippen LogP contribution in [0.2, 0.25) is 0 Å². The van der Waals surface area contributed by atoms with E-state index in [0.29, 0.717) is 6.61 Å². The van der Waals surface area contributed by atoms with Crippen molar-refractivity contribution in [3.8, 4) is 0 Å². The molecule has 0 spiro atoms. The zero-order chi connectivity index (χ0) is 12.5. The molecule has 0 aromatic heterocycles. The Labute approximate surface area is 119 Å². The van der Waals surface area contributed by atoms with Gasteiger partial charge in [-0.3, -0.25) is 0 Å². The van der Waals surface area contributed by atoms with Crippen LogP contribution in [0.15, 0.2) is 24.3 Å². The average molecular weight is 359 g/mol. The second kappa shape index (κ2) is 5.05. The first-order valence-corrected chi connectivity index (χ1v) is 7.16. The van der Waals surface area contributed by atoms with E-state index in [4.69, 9.17) is 9.47 Å². The SMILES string of the molecule is O=C1O[C@H]2OCCC[C@@H]2[C@H]1Nc1ccc(I)cc1. The van der Waals surface area contributed by atoms with Gasteiger partial charge in [-0.2, -0.15) is 0 Å². The van der Waals surface area contributed by atoms with E-state index in [-0.39, 0.29) is 24.2 Å². The van der Waals surface area contributed by atoms with E-state index in [1.165, 1.54) is 3.57 Å². The molecule has 0 aliphatic carbocycles. The number of carbonyl (C=O) groups is 1. The van der Waals surface area contributed by atoms with Crippen LogP contribution in [0.4, 0.5) is 5.69 Å². The number of halogens is 1. The van der Waals surface area contributed by atoms with Gasteiger partial charge in [-0.1, -0.05) is 0 Å². The normalized spacial score (nSPS) is 30.7. The summed E-state index contributed by atoms with van der Waals surface area (Å²) in [6.07, 6.45) is 1.61. The molecule has 3 atom stereocenters.